The quantitative estimate of drug-likeness (QED) is 0.784. The van der Waals surface area contributed by atoms with E-state index in [-0.39, 0.29) is 30.9 Å². The number of carbonyl (C=O) groups excluding carboxylic acids is 2. The van der Waals surface area contributed by atoms with E-state index in [4.69, 9.17) is 11.6 Å². The number of rotatable bonds is 7. The number of anilines is 1. The Morgan fingerprint density at radius 2 is 1.88 bits per heavy atom. The van der Waals surface area contributed by atoms with Crippen LogP contribution in [0.4, 0.5) is 5.69 Å². The molecule has 1 aromatic rings. The summed E-state index contributed by atoms with van der Waals surface area (Å²) < 4.78 is 0. The lowest BCUT2D eigenvalue weighted by molar-refractivity contribution is -0.133. The summed E-state index contributed by atoms with van der Waals surface area (Å²) in [4.78, 5) is 30.5. The molecule has 26 heavy (non-hydrogen) atoms. The summed E-state index contributed by atoms with van der Waals surface area (Å²) in [6.45, 7) is 9.95. The molecule has 0 bridgehead atoms. The summed E-state index contributed by atoms with van der Waals surface area (Å²) in [7, 11) is 0. The van der Waals surface area contributed by atoms with Crippen molar-refractivity contribution in [2.45, 2.75) is 26.8 Å². The first-order valence-corrected chi connectivity index (χ1v) is 9.56. The number of carbonyl (C=O) groups is 2. The largest absolute Gasteiger partial charge is 0.368 e. The van der Waals surface area contributed by atoms with Gasteiger partial charge in [0.05, 0.1) is 13.1 Å². The fourth-order valence-electron chi connectivity index (χ4n) is 3.03. The first-order chi connectivity index (χ1) is 12.4. The number of piperazine rings is 1. The third kappa shape index (κ3) is 6.18. The van der Waals surface area contributed by atoms with Crippen LogP contribution in [0.1, 0.15) is 20.8 Å². The van der Waals surface area contributed by atoms with Gasteiger partial charge in [-0.15, -0.1) is 0 Å². The van der Waals surface area contributed by atoms with E-state index in [1.54, 1.807) is 0 Å². The Kier molecular flexibility index (Phi) is 7.72. The van der Waals surface area contributed by atoms with Crippen LogP contribution >= 0.6 is 11.6 Å². The zero-order valence-electron chi connectivity index (χ0n) is 15.9. The van der Waals surface area contributed by atoms with Gasteiger partial charge >= 0.3 is 0 Å². The van der Waals surface area contributed by atoms with E-state index in [0.29, 0.717) is 19.6 Å². The van der Waals surface area contributed by atoms with E-state index >= 15 is 0 Å². The molecule has 6 nitrogen and oxygen atoms in total. The Balaban J connectivity index is 1.82. The highest BCUT2D eigenvalue weighted by molar-refractivity contribution is 6.30. The molecule has 1 fully saturated rings. The molecule has 0 aliphatic carbocycles. The maximum absolute atomic E-state index is 12.6. The van der Waals surface area contributed by atoms with Gasteiger partial charge in [-0.05, 0) is 38.6 Å². The molecule has 2 amide bonds. The van der Waals surface area contributed by atoms with Crippen molar-refractivity contribution in [2.24, 2.45) is 0 Å². The minimum atomic E-state index is -0.0413. The van der Waals surface area contributed by atoms with Crippen molar-refractivity contribution in [2.75, 3.05) is 50.7 Å². The molecule has 1 saturated heterocycles. The zero-order valence-corrected chi connectivity index (χ0v) is 16.6. The highest BCUT2D eigenvalue weighted by Crippen LogP contribution is 2.20. The average molecular weight is 381 g/mol. The summed E-state index contributed by atoms with van der Waals surface area (Å²) in [5, 5.41) is 3.59. The van der Waals surface area contributed by atoms with Crippen molar-refractivity contribution >= 4 is 29.1 Å². The number of hydrogen-bond donors (Lipinski definition) is 1. The van der Waals surface area contributed by atoms with E-state index in [9.17, 15) is 9.59 Å². The minimum absolute atomic E-state index is 0.0413. The maximum Gasteiger partial charge on any atom is 0.236 e. The van der Waals surface area contributed by atoms with Crippen LogP contribution in [-0.4, -0.2) is 73.5 Å². The van der Waals surface area contributed by atoms with E-state index in [0.717, 1.165) is 23.8 Å². The van der Waals surface area contributed by atoms with E-state index < -0.39 is 0 Å². The van der Waals surface area contributed by atoms with Gasteiger partial charge in [0.1, 0.15) is 0 Å². The zero-order chi connectivity index (χ0) is 19.1. The van der Waals surface area contributed by atoms with Crippen LogP contribution in [0.5, 0.6) is 0 Å². The number of halogens is 1. The van der Waals surface area contributed by atoms with Gasteiger partial charge in [-0.1, -0.05) is 24.6 Å². The lowest BCUT2D eigenvalue weighted by Crippen LogP contribution is -2.52. The smallest absolute Gasteiger partial charge is 0.236 e. The molecule has 144 valence electrons. The van der Waals surface area contributed by atoms with Gasteiger partial charge in [-0.25, -0.2) is 0 Å². The van der Waals surface area contributed by atoms with E-state index in [1.807, 2.05) is 54.8 Å². The van der Waals surface area contributed by atoms with Gasteiger partial charge in [-0.2, -0.15) is 0 Å². The van der Waals surface area contributed by atoms with Gasteiger partial charge in [0.15, 0.2) is 0 Å². The summed E-state index contributed by atoms with van der Waals surface area (Å²) in [6.07, 6.45) is 0. The van der Waals surface area contributed by atoms with Gasteiger partial charge < -0.3 is 15.1 Å². The van der Waals surface area contributed by atoms with Crippen molar-refractivity contribution in [3.05, 3.63) is 29.3 Å². The summed E-state index contributed by atoms with van der Waals surface area (Å²) in [5.74, 6) is 0.0374. The molecule has 0 radical (unpaired) electrons. The Morgan fingerprint density at radius 1 is 1.19 bits per heavy atom. The second kappa shape index (κ2) is 9.78. The Morgan fingerprint density at radius 3 is 2.46 bits per heavy atom. The van der Waals surface area contributed by atoms with Crippen LogP contribution in [0.25, 0.3) is 0 Å². The van der Waals surface area contributed by atoms with Crippen LogP contribution < -0.4 is 10.2 Å². The van der Waals surface area contributed by atoms with Crippen LogP contribution in [0, 0.1) is 0 Å². The van der Waals surface area contributed by atoms with Crippen molar-refractivity contribution in [3.63, 3.8) is 0 Å². The molecule has 7 heteroatoms. The molecule has 1 aromatic carbocycles. The molecule has 2 rings (SSSR count). The maximum atomic E-state index is 12.6. The first kappa shape index (κ1) is 20.5. The molecule has 1 aliphatic rings. The van der Waals surface area contributed by atoms with Gasteiger partial charge in [0.25, 0.3) is 0 Å². The topological polar surface area (TPSA) is 55.9 Å². The molecule has 0 spiro atoms. The summed E-state index contributed by atoms with van der Waals surface area (Å²) >= 11 is 6.06. The van der Waals surface area contributed by atoms with Gasteiger partial charge in [0, 0.05) is 42.9 Å². The Hall–Kier alpha value is -1.79. The highest BCUT2D eigenvalue weighted by atomic mass is 35.5. The molecule has 1 heterocycles. The van der Waals surface area contributed by atoms with Crippen LogP contribution in [0.2, 0.25) is 5.02 Å². The summed E-state index contributed by atoms with van der Waals surface area (Å²) in [6, 6.07) is 7.90. The fraction of sp³-hybridized carbons (Fsp3) is 0.579. The van der Waals surface area contributed by atoms with Crippen molar-refractivity contribution in [3.8, 4) is 0 Å². The monoisotopic (exact) mass is 380 g/mol. The standard InChI is InChI=1S/C19H29ClN4O2/c1-4-22(13-18(25)21-15(2)3)14-19(26)24-10-8-23(9-11-24)17-7-5-6-16(20)12-17/h5-7,12,15H,4,8-11,13-14H2,1-3H3,(H,21,25). The SMILES string of the molecule is CCN(CC(=O)NC(C)C)CC(=O)N1CCN(c2cccc(Cl)c2)CC1. The number of hydrogen-bond acceptors (Lipinski definition) is 4. The Bertz CT molecular complexity index is 615. The fourth-order valence-corrected chi connectivity index (χ4v) is 3.21. The molecule has 1 N–H and O–H groups in total. The van der Waals surface area contributed by atoms with E-state index in [1.165, 1.54) is 0 Å². The highest BCUT2D eigenvalue weighted by Gasteiger charge is 2.23. The Labute approximate surface area is 161 Å². The van der Waals surface area contributed by atoms with Crippen LogP contribution in [-0.2, 0) is 9.59 Å². The first-order valence-electron chi connectivity index (χ1n) is 9.19. The van der Waals surface area contributed by atoms with Crippen molar-refractivity contribution < 1.29 is 9.59 Å². The molecular weight excluding hydrogens is 352 g/mol. The van der Waals surface area contributed by atoms with Crippen molar-refractivity contribution in [1.82, 2.24) is 15.1 Å². The third-order valence-corrected chi connectivity index (χ3v) is 4.66. The lowest BCUT2D eigenvalue weighted by Gasteiger charge is -2.37. The number of likely N-dealkylation sites (N-methyl/N-ethyl adjacent to an activating group) is 1. The summed E-state index contributed by atoms with van der Waals surface area (Å²) in [5.41, 5.74) is 1.09. The van der Waals surface area contributed by atoms with Crippen molar-refractivity contribution in [1.29, 1.82) is 0 Å². The second-order valence-corrected chi connectivity index (χ2v) is 7.31. The lowest BCUT2D eigenvalue weighted by atomic mass is 10.2. The van der Waals surface area contributed by atoms with Crippen LogP contribution in [0.3, 0.4) is 0 Å². The predicted molar refractivity (Wildman–Crippen MR) is 106 cm³/mol. The van der Waals surface area contributed by atoms with Crippen LogP contribution in [0.15, 0.2) is 24.3 Å². The van der Waals surface area contributed by atoms with E-state index in [2.05, 4.69) is 10.2 Å². The third-order valence-electron chi connectivity index (χ3n) is 4.43. The van der Waals surface area contributed by atoms with Gasteiger partial charge in [-0.3, -0.25) is 14.5 Å². The molecule has 0 unspecified atom stereocenters. The number of nitrogens with zero attached hydrogens (tertiary/aromatic N) is 3. The molecule has 0 saturated carbocycles. The number of benzene rings is 1. The second-order valence-electron chi connectivity index (χ2n) is 6.87. The predicted octanol–water partition coefficient (Wildman–Crippen LogP) is 1.84. The molecular formula is C19H29ClN4O2. The minimum Gasteiger partial charge on any atom is -0.368 e. The molecule has 0 aromatic heterocycles. The molecule has 1 aliphatic heterocycles. The molecule has 0 atom stereocenters. The average Bonchev–Trinajstić information content (AvgIpc) is 2.60. The number of nitrogens with one attached hydrogen (secondary N) is 1. The number of amides is 2. The normalized spacial score (nSPS) is 14.8. The van der Waals surface area contributed by atoms with Gasteiger partial charge in [0.2, 0.25) is 11.8 Å².